The molecule has 0 radical (unpaired) electrons. The second-order valence-corrected chi connectivity index (χ2v) is 9.09. The molecule has 0 bridgehead atoms. The Hall–Kier alpha value is -3.07. The topological polar surface area (TPSA) is 106 Å². The van der Waals surface area contributed by atoms with Gasteiger partial charge in [0.2, 0.25) is 11.8 Å². The number of hydrogen-bond donors (Lipinski definition) is 2. The number of thioether (sulfide) groups is 1. The fourth-order valence-corrected chi connectivity index (χ4v) is 4.62. The minimum atomic E-state index is -1.11. The number of amides is 2. The molecule has 3 heterocycles. The minimum absolute atomic E-state index is 0.276. The number of furan rings is 1. The van der Waals surface area contributed by atoms with E-state index in [0.717, 1.165) is 28.3 Å². The number of carbonyl (C=O) groups is 2. The van der Waals surface area contributed by atoms with Gasteiger partial charge in [0, 0.05) is 16.0 Å². The molecule has 0 spiro atoms. The van der Waals surface area contributed by atoms with E-state index in [-0.39, 0.29) is 11.1 Å². The molecule has 2 aromatic heterocycles. The molecule has 2 atom stereocenters. The van der Waals surface area contributed by atoms with E-state index in [1.165, 1.54) is 0 Å². The van der Waals surface area contributed by atoms with Crippen LogP contribution in [0.2, 0.25) is 5.02 Å². The lowest BCUT2D eigenvalue weighted by Gasteiger charge is -2.04. The molecule has 2 aromatic carbocycles. The smallest absolute Gasteiger partial charge is 0.286 e. The Labute approximate surface area is 191 Å². The largest absolute Gasteiger partial charge is 0.458 e. The van der Waals surface area contributed by atoms with E-state index in [1.54, 1.807) is 43.3 Å². The number of aromatic nitrogens is 1. The summed E-state index contributed by atoms with van der Waals surface area (Å²) in [5.41, 5.74) is 2.61. The molecule has 1 saturated heterocycles. The van der Waals surface area contributed by atoms with E-state index in [2.05, 4.69) is 10.3 Å². The molecule has 32 heavy (non-hydrogen) atoms. The summed E-state index contributed by atoms with van der Waals surface area (Å²) >= 11 is 6.93. The highest BCUT2D eigenvalue weighted by atomic mass is 35.5. The van der Waals surface area contributed by atoms with Crippen molar-refractivity contribution in [2.45, 2.75) is 24.7 Å². The van der Waals surface area contributed by atoms with Crippen LogP contribution in [0.4, 0.5) is 4.79 Å². The highest BCUT2D eigenvalue weighted by molar-refractivity contribution is 8.15. The van der Waals surface area contributed by atoms with Gasteiger partial charge in [-0.25, -0.2) is 4.98 Å². The van der Waals surface area contributed by atoms with E-state index in [4.69, 9.17) is 20.4 Å². The Balaban J connectivity index is 1.40. The Morgan fingerprint density at radius 1 is 1.16 bits per heavy atom. The van der Waals surface area contributed by atoms with Crippen molar-refractivity contribution in [1.82, 2.24) is 10.3 Å². The van der Waals surface area contributed by atoms with Crippen molar-refractivity contribution in [2.75, 3.05) is 0 Å². The minimum Gasteiger partial charge on any atom is -0.458 e. The highest BCUT2D eigenvalue weighted by Gasteiger charge is 2.31. The third kappa shape index (κ3) is 3.92. The van der Waals surface area contributed by atoms with Crippen molar-refractivity contribution in [1.29, 1.82) is 0 Å². The maximum absolute atomic E-state index is 11.8. The molecule has 9 heteroatoms. The summed E-state index contributed by atoms with van der Waals surface area (Å²) in [5.74, 6) is 0.923. The summed E-state index contributed by atoms with van der Waals surface area (Å²) in [5, 5.41) is 13.8. The molecule has 1 aliphatic heterocycles. The molecule has 2 unspecified atom stereocenters. The molecule has 2 amide bonds. The zero-order valence-corrected chi connectivity index (χ0v) is 18.4. The zero-order valence-electron chi connectivity index (χ0n) is 16.8. The van der Waals surface area contributed by atoms with Gasteiger partial charge in [-0.2, -0.15) is 0 Å². The summed E-state index contributed by atoms with van der Waals surface area (Å²) in [6.45, 7) is 1.73. The predicted octanol–water partition coefficient (Wildman–Crippen LogP) is 5.03. The van der Waals surface area contributed by atoms with Gasteiger partial charge >= 0.3 is 0 Å². The maximum atomic E-state index is 11.8. The van der Waals surface area contributed by atoms with Gasteiger partial charge in [-0.05, 0) is 61.4 Å². The number of hydrogen-bond acceptors (Lipinski definition) is 7. The number of benzene rings is 2. The van der Waals surface area contributed by atoms with Crippen LogP contribution in [-0.2, 0) is 11.2 Å². The molecule has 162 valence electrons. The molecule has 5 rings (SSSR count). The molecule has 0 aliphatic carbocycles. The molecule has 2 N–H and O–H groups in total. The molecule has 1 fully saturated rings. The van der Waals surface area contributed by atoms with Gasteiger partial charge in [0.05, 0.1) is 5.25 Å². The van der Waals surface area contributed by atoms with Crippen LogP contribution < -0.4 is 5.32 Å². The van der Waals surface area contributed by atoms with Crippen molar-refractivity contribution in [3.63, 3.8) is 0 Å². The summed E-state index contributed by atoms with van der Waals surface area (Å²) in [4.78, 5) is 27.7. The summed E-state index contributed by atoms with van der Waals surface area (Å²) < 4.78 is 11.6. The molecule has 7 nitrogen and oxygen atoms in total. The number of carbonyl (C=O) groups excluding carboxylic acids is 2. The number of nitrogens with zero attached hydrogens (tertiary/aromatic N) is 1. The number of rotatable bonds is 5. The lowest BCUT2D eigenvalue weighted by Crippen LogP contribution is -2.25. The summed E-state index contributed by atoms with van der Waals surface area (Å²) in [6.07, 6.45) is -0.682. The number of aryl methyl sites for hydroxylation is 1. The van der Waals surface area contributed by atoms with Crippen molar-refractivity contribution in [3.8, 4) is 11.5 Å². The van der Waals surface area contributed by atoms with Crippen molar-refractivity contribution < 1.29 is 23.5 Å². The fraction of sp³-hybridized carbons (Fsp3) is 0.174. The molecular formula is C23H17ClN2O5S. The first-order valence-electron chi connectivity index (χ1n) is 9.82. The van der Waals surface area contributed by atoms with Crippen LogP contribution >= 0.6 is 23.4 Å². The van der Waals surface area contributed by atoms with E-state index in [0.29, 0.717) is 40.1 Å². The molecular weight excluding hydrogens is 452 g/mol. The van der Waals surface area contributed by atoms with Crippen molar-refractivity contribution in [2.24, 2.45) is 0 Å². The first kappa shape index (κ1) is 20.8. The van der Waals surface area contributed by atoms with Crippen molar-refractivity contribution in [3.05, 3.63) is 76.3 Å². The van der Waals surface area contributed by atoms with Gasteiger partial charge in [-0.3, -0.25) is 14.9 Å². The number of oxazole rings is 1. The predicted molar refractivity (Wildman–Crippen MR) is 121 cm³/mol. The Morgan fingerprint density at radius 2 is 1.94 bits per heavy atom. The van der Waals surface area contributed by atoms with E-state index >= 15 is 0 Å². The average molecular weight is 469 g/mol. The third-order valence-electron chi connectivity index (χ3n) is 5.24. The monoisotopic (exact) mass is 468 g/mol. The lowest BCUT2D eigenvalue weighted by molar-refractivity contribution is -0.118. The third-order valence-corrected chi connectivity index (χ3v) is 6.47. The molecule has 1 aliphatic rings. The second-order valence-electron chi connectivity index (χ2n) is 7.48. The van der Waals surface area contributed by atoms with Gasteiger partial charge in [0.15, 0.2) is 6.10 Å². The first-order chi connectivity index (χ1) is 15.4. The fourth-order valence-electron chi connectivity index (χ4n) is 3.63. The van der Waals surface area contributed by atoms with Gasteiger partial charge in [-0.1, -0.05) is 29.4 Å². The van der Waals surface area contributed by atoms with Crippen LogP contribution in [0.15, 0.2) is 57.4 Å². The van der Waals surface area contributed by atoms with Crippen LogP contribution in [0.5, 0.6) is 0 Å². The van der Waals surface area contributed by atoms with Crippen LogP contribution in [0, 0.1) is 6.92 Å². The van der Waals surface area contributed by atoms with Crippen LogP contribution in [0.1, 0.15) is 28.9 Å². The van der Waals surface area contributed by atoms with E-state index in [9.17, 15) is 14.7 Å². The Bertz CT molecular complexity index is 1340. The zero-order chi connectivity index (χ0) is 22.4. The van der Waals surface area contributed by atoms with E-state index < -0.39 is 11.4 Å². The number of nitrogens with one attached hydrogen (secondary N) is 1. The number of fused-ring (bicyclic) bond motifs is 1. The average Bonchev–Trinajstić information content (AvgIpc) is 3.44. The summed E-state index contributed by atoms with van der Waals surface area (Å²) in [6, 6.07) is 14.3. The van der Waals surface area contributed by atoms with Gasteiger partial charge in [-0.15, -0.1) is 0 Å². The molecule has 0 saturated carbocycles. The normalized spacial score (nSPS) is 17.2. The standard InChI is InChI=1S/C23H17ClN2O5S/c1-11-19(25-22(30-11)13-3-5-15(24)6-4-13)20(27)17-10-14-8-12(2-7-16(14)31-17)9-18-21(28)26-23(29)32-18/h2-8,10,18,20,27H,9H2,1H3,(H,26,28,29). The lowest BCUT2D eigenvalue weighted by atomic mass is 10.1. The Morgan fingerprint density at radius 3 is 2.66 bits per heavy atom. The number of imide groups is 1. The van der Waals surface area contributed by atoms with Gasteiger partial charge in [0.1, 0.15) is 22.8 Å². The number of aliphatic hydroxyl groups excluding tert-OH is 1. The van der Waals surface area contributed by atoms with Crippen LogP contribution in [0.3, 0.4) is 0 Å². The van der Waals surface area contributed by atoms with Gasteiger partial charge in [0.25, 0.3) is 5.24 Å². The number of aliphatic hydroxyl groups is 1. The first-order valence-corrected chi connectivity index (χ1v) is 11.1. The van der Waals surface area contributed by atoms with E-state index in [1.807, 2.05) is 12.1 Å². The van der Waals surface area contributed by atoms with Crippen LogP contribution in [-0.4, -0.2) is 26.5 Å². The summed E-state index contributed by atoms with van der Waals surface area (Å²) in [7, 11) is 0. The number of halogens is 1. The van der Waals surface area contributed by atoms with Crippen LogP contribution in [0.25, 0.3) is 22.4 Å². The quantitative estimate of drug-likeness (QED) is 0.423. The van der Waals surface area contributed by atoms with Crippen molar-refractivity contribution >= 4 is 45.5 Å². The van der Waals surface area contributed by atoms with Gasteiger partial charge < -0.3 is 13.9 Å². The maximum Gasteiger partial charge on any atom is 0.286 e. The Kier molecular flexibility index (Phi) is 5.28. The SMILES string of the molecule is Cc1oc(-c2ccc(Cl)cc2)nc1C(O)c1cc2cc(CC3SC(=O)NC3=O)ccc2o1. The highest BCUT2D eigenvalue weighted by Crippen LogP contribution is 2.33. The second kappa shape index (κ2) is 8.12. The molecule has 4 aromatic rings.